The number of phenols is 2. The van der Waals surface area contributed by atoms with Gasteiger partial charge in [0.15, 0.2) is 0 Å². The quantitative estimate of drug-likeness (QED) is 0.169. The summed E-state index contributed by atoms with van der Waals surface area (Å²) in [5.41, 5.74) is 8.28. The summed E-state index contributed by atoms with van der Waals surface area (Å²) in [7, 11) is 0. The van der Waals surface area contributed by atoms with E-state index in [9.17, 15) is 24.8 Å². The zero-order valence-corrected chi connectivity index (χ0v) is 17.5. The fourth-order valence-electron chi connectivity index (χ4n) is 3.82. The zero-order chi connectivity index (χ0) is 23.7. The minimum Gasteiger partial charge on any atom is -0.507 e. The number of nitrogen functional groups attached to an aromatic ring is 1. The van der Waals surface area contributed by atoms with Gasteiger partial charge in [0.2, 0.25) is 0 Å². The number of nitrogens with two attached hydrogens (primary N) is 1. The lowest BCUT2D eigenvalue weighted by Gasteiger charge is -2.18. The molecule has 0 saturated carbocycles. The number of amidine groups is 1. The van der Waals surface area contributed by atoms with Gasteiger partial charge < -0.3 is 31.1 Å². The van der Waals surface area contributed by atoms with Crippen LogP contribution in [0.25, 0.3) is 33.5 Å². The number of benzene rings is 3. The largest absolute Gasteiger partial charge is 0.507 e. The fraction of sp³-hybridized carbons (Fsp3) is 0.167. The molecule has 1 aromatic heterocycles. The summed E-state index contributed by atoms with van der Waals surface area (Å²) in [6, 6.07) is 11.6. The predicted octanol–water partition coefficient (Wildman–Crippen LogP) is 3.19. The molecule has 0 spiro atoms. The summed E-state index contributed by atoms with van der Waals surface area (Å²) in [6.45, 7) is -0.429. The lowest BCUT2D eigenvalue weighted by atomic mass is 9.90. The van der Waals surface area contributed by atoms with Crippen molar-refractivity contribution in [2.45, 2.75) is 12.3 Å². The van der Waals surface area contributed by atoms with Crippen LogP contribution in [0.5, 0.6) is 11.5 Å². The average molecular weight is 450 g/mol. The molecular formula is C24H23FN4O4. The Morgan fingerprint density at radius 1 is 1.03 bits per heavy atom. The summed E-state index contributed by atoms with van der Waals surface area (Å²) < 4.78 is 14.0. The Hall–Kier alpha value is -3.95. The topological polar surface area (TPSA) is 159 Å². The molecule has 8 N–H and O–H groups in total. The van der Waals surface area contributed by atoms with Crippen molar-refractivity contribution in [1.29, 1.82) is 5.41 Å². The van der Waals surface area contributed by atoms with E-state index < -0.39 is 11.7 Å². The number of fused-ring (bicyclic) bond motifs is 1. The molecule has 1 unspecified atom stereocenters. The van der Waals surface area contributed by atoms with Gasteiger partial charge in [-0.15, -0.1) is 0 Å². The molecule has 9 heteroatoms. The van der Waals surface area contributed by atoms with E-state index in [1.54, 1.807) is 30.3 Å². The van der Waals surface area contributed by atoms with Crippen molar-refractivity contribution < 1.29 is 24.8 Å². The van der Waals surface area contributed by atoms with E-state index in [0.717, 1.165) is 12.1 Å². The van der Waals surface area contributed by atoms with Crippen LogP contribution < -0.4 is 5.73 Å². The molecule has 0 fully saturated rings. The van der Waals surface area contributed by atoms with E-state index in [1.165, 1.54) is 6.07 Å². The number of phenolic OH excluding ortho intramolecular Hbond substituents is 2. The Kier molecular flexibility index (Phi) is 5.99. The van der Waals surface area contributed by atoms with Crippen molar-refractivity contribution in [3.63, 3.8) is 0 Å². The Bertz CT molecular complexity index is 1350. The van der Waals surface area contributed by atoms with Crippen LogP contribution in [0, 0.1) is 11.2 Å². The lowest BCUT2D eigenvalue weighted by molar-refractivity contribution is 0.220. The number of aliphatic hydroxyl groups is 2. The van der Waals surface area contributed by atoms with Crippen LogP contribution in [0.4, 0.5) is 4.39 Å². The maximum Gasteiger partial charge on any atom is 0.142 e. The number of hydrogen-bond acceptors (Lipinski definition) is 6. The number of aromatic amines is 1. The number of rotatable bonds is 7. The van der Waals surface area contributed by atoms with E-state index in [2.05, 4.69) is 9.97 Å². The minimum absolute atomic E-state index is 0.0752. The van der Waals surface area contributed by atoms with Gasteiger partial charge >= 0.3 is 0 Å². The molecule has 33 heavy (non-hydrogen) atoms. The molecule has 8 nitrogen and oxygen atoms in total. The van der Waals surface area contributed by atoms with Crippen molar-refractivity contribution in [3.8, 4) is 34.0 Å². The van der Waals surface area contributed by atoms with Gasteiger partial charge in [0, 0.05) is 29.2 Å². The Balaban J connectivity index is 1.96. The highest BCUT2D eigenvalue weighted by Crippen LogP contribution is 2.43. The van der Waals surface area contributed by atoms with E-state index in [4.69, 9.17) is 11.1 Å². The van der Waals surface area contributed by atoms with Crippen LogP contribution in [-0.2, 0) is 0 Å². The van der Waals surface area contributed by atoms with Crippen molar-refractivity contribution >= 4 is 16.9 Å². The van der Waals surface area contributed by atoms with Gasteiger partial charge in [-0.3, -0.25) is 5.41 Å². The third-order valence-corrected chi connectivity index (χ3v) is 5.60. The van der Waals surface area contributed by atoms with Crippen molar-refractivity contribution in [1.82, 2.24) is 9.97 Å². The Morgan fingerprint density at radius 2 is 1.79 bits per heavy atom. The maximum absolute atomic E-state index is 14.0. The molecule has 4 aromatic rings. The average Bonchev–Trinajstić information content (AvgIpc) is 3.22. The van der Waals surface area contributed by atoms with Gasteiger partial charge in [-0.2, -0.15) is 0 Å². The van der Waals surface area contributed by atoms with Crippen molar-refractivity contribution in [2.24, 2.45) is 5.73 Å². The van der Waals surface area contributed by atoms with Crippen LogP contribution in [0.2, 0.25) is 0 Å². The molecule has 0 aliphatic carbocycles. The minimum atomic E-state index is -0.594. The molecule has 1 heterocycles. The number of aliphatic hydroxyl groups excluding tert-OH is 2. The standard InChI is InChI=1S/C24H23FN4O4/c25-15-2-4-21(32)16(10-15)17-7-14(13(11-31)5-6-30)8-18(22(17)33)24-28-19-3-1-12(23(26)27)9-20(19)29-24/h1-4,7-10,13,30-33H,5-6,11H2,(H3,26,27)(H,28,29). The smallest absolute Gasteiger partial charge is 0.142 e. The normalized spacial score (nSPS) is 12.2. The molecule has 0 saturated heterocycles. The van der Waals surface area contributed by atoms with Crippen LogP contribution in [0.3, 0.4) is 0 Å². The molecule has 0 radical (unpaired) electrons. The molecule has 0 aliphatic rings. The van der Waals surface area contributed by atoms with E-state index in [-0.39, 0.29) is 53.7 Å². The predicted molar refractivity (Wildman–Crippen MR) is 123 cm³/mol. The monoisotopic (exact) mass is 450 g/mol. The lowest BCUT2D eigenvalue weighted by Crippen LogP contribution is -2.10. The van der Waals surface area contributed by atoms with E-state index in [0.29, 0.717) is 28.0 Å². The number of H-pyrrole nitrogens is 1. The van der Waals surface area contributed by atoms with Gasteiger partial charge in [-0.25, -0.2) is 9.37 Å². The molecule has 0 amide bonds. The second-order valence-corrected chi connectivity index (χ2v) is 7.75. The Labute approximate surface area is 188 Å². The highest BCUT2D eigenvalue weighted by molar-refractivity contribution is 5.98. The van der Waals surface area contributed by atoms with Gasteiger partial charge in [0.25, 0.3) is 0 Å². The highest BCUT2D eigenvalue weighted by Gasteiger charge is 2.22. The summed E-state index contributed by atoms with van der Waals surface area (Å²) >= 11 is 0. The first-order valence-corrected chi connectivity index (χ1v) is 10.2. The number of halogens is 1. The molecule has 170 valence electrons. The van der Waals surface area contributed by atoms with Gasteiger partial charge in [-0.05, 0) is 60.5 Å². The second kappa shape index (κ2) is 8.89. The number of imidazole rings is 1. The van der Waals surface area contributed by atoms with Gasteiger partial charge in [-0.1, -0.05) is 0 Å². The SMILES string of the molecule is N=C(N)c1ccc2[nH]c(-c3cc(C(CO)CCO)cc(-c4cc(F)ccc4O)c3O)nc2c1. The third-order valence-electron chi connectivity index (χ3n) is 5.60. The van der Waals surface area contributed by atoms with Gasteiger partial charge in [0.05, 0.1) is 23.2 Å². The molecular weight excluding hydrogens is 427 g/mol. The fourth-order valence-corrected chi connectivity index (χ4v) is 3.82. The summed E-state index contributed by atoms with van der Waals surface area (Å²) in [4.78, 5) is 7.63. The Morgan fingerprint density at radius 3 is 2.48 bits per heavy atom. The van der Waals surface area contributed by atoms with Gasteiger partial charge in [0.1, 0.15) is 29.0 Å². The highest BCUT2D eigenvalue weighted by atomic mass is 19.1. The summed E-state index contributed by atoms with van der Waals surface area (Å²) in [5, 5.41) is 48.3. The first kappa shape index (κ1) is 22.3. The molecule has 1 atom stereocenters. The first-order valence-electron chi connectivity index (χ1n) is 10.2. The number of nitrogens with zero attached hydrogens (tertiary/aromatic N) is 1. The second-order valence-electron chi connectivity index (χ2n) is 7.75. The molecule has 0 aliphatic heterocycles. The summed E-state index contributed by atoms with van der Waals surface area (Å²) in [6.07, 6.45) is 0.261. The number of aromatic hydroxyl groups is 2. The van der Waals surface area contributed by atoms with E-state index in [1.807, 2.05) is 0 Å². The van der Waals surface area contributed by atoms with Crippen molar-refractivity contribution in [3.05, 3.63) is 65.5 Å². The van der Waals surface area contributed by atoms with Crippen molar-refractivity contribution in [2.75, 3.05) is 13.2 Å². The molecule has 3 aromatic carbocycles. The van der Waals surface area contributed by atoms with Crippen LogP contribution >= 0.6 is 0 Å². The van der Waals surface area contributed by atoms with Crippen LogP contribution in [-0.4, -0.2) is 49.4 Å². The maximum atomic E-state index is 14.0. The summed E-state index contributed by atoms with van der Waals surface area (Å²) in [5.74, 6) is -1.34. The van der Waals surface area contributed by atoms with Crippen LogP contribution in [0.15, 0.2) is 48.5 Å². The number of aromatic nitrogens is 2. The van der Waals surface area contributed by atoms with E-state index >= 15 is 0 Å². The first-order chi connectivity index (χ1) is 15.8. The number of hydrogen-bond donors (Lipinski definition) is 7. The molecule has 4 rings (SSSR count). The van der Waals surface area contributed by atoms with Crippen LogP contribution in [0.1, 0.15) is 23.5 Å². The zero-order valence-electron chi connectivity index (χ0n) is 17.5. The third kappa shape index (κ3) is 4.23. The number of nitrogens with one attached hydrogen (secondary N) is 2. The molecule has 0 bridgehead atoms.